The van der Waals surface area contributed by atoms with Crippen molar-refractivity contribution >= 4 is 11.8 Å². The monoisotopic (exact) mass is 242 g/mol. The van der Waals surface area contributed by atoms with Crippen molar-refractivity contribution in [1.29, 1.82) is 0 Å². The van der Waals surface area contributed by atoms with E-state index in [9.17, 15) is 9.59 Å². The van der Waals surface area contributed by atoms with E-state index in [4.69, 9.17) is 0 Å². The summed E-state index contributed by atoms with van der Waals surface area (Å²) in [5, 5.41) is 5.74. The number of carbonyl (C=O) groups excluding carboxylic acids is 2. The maximum absolute atomic E-state index is 12.1. The molecule has 0 radical (unpaired) electrons. The summed E-state index contributed by atoms with van der Waals surface area (Å²) < 4.78 is 0. The lowest BCUT2D eigenvalue weighted by Gasteiger charge is -2.26. The number of carbonyl (C=O) groups is 2. The summed E-state index contributed by atoms with van der Waals surface area (Å²) in [7, 11) is 0. The van der Waals surface area contributed by atoms with Crippen LogP contribution in [0, 0.1) is 11.3 Å². The molecule has 0 bridgehead atoms. The van der Waals surface area contributed by atoms with Crippen LogP contribution in [-0.2, 0) is 16.1 Å². The van der Waals surface area contributed by atoms with Crippen LogP contribution in [-0.4, -0.2) is 11.8 Å². The maximum atomic E-state index is 12.1. The zero-order chi connectivity index (χ0) is 12.3. The van der Waals surface area contributed by atoms with Crippen LogP contribution in [0.1, 0.15) is 30.0 Å². The minimum atomic E-state index is -0.515. The molecule has 4 rings (SSSR count). The molecule has 0 aromatic heterocycles. The fourth-order valence-electron chi connectivity index (χ4n) is 2.89. The Morgan fingerprint density at radius 1 is 1.33 bits per heavy atom. The highest BCUT2D eigenvalue weighted by atomic mass is 16.2. The molecule has 1 aromatic rings. The molecule has 2 saturated carbocycles. The summed E-state index contributed by atoms with van der Waals surface area (Å²) >= 11 is 0. The maximum Gasteiger partial charge on any atom is 0.247 e. The molecule has 1 unspecified atom stereocenters. The molecule has 4 nitrogen and oxygen atoms in total. The van der Waals surface area contributed by atoms with Gasteiger partial charge in [0.05, 0.1) is 5.41 Å². The van der Waals surface area contributed by atoms with Crippen molar-refractivity contribution in [2.45, 2.75) is 25.4 Å². The van der Waals surface area contributed by atoms with E-state index >= 15 is 0 Å². The van der Waals surface area contributed by atoms with Crippen LogP contribution in [0.3, 0.4) is 0 Å². The molecular formula is C14H14N2O2. The Hall–Kier alpha value is -1.84. The van der Waals surface area contributed by atoms with Gasteiger partial charge in [0.1, 0.15) is 6.04 Å². The Morgan fingerprint density at radius 2 is 2.06 bits per heavy atom. The van der Waals surface area contributed by atoms with Crippen molar-refractivity contribution in [3.8, 4) is 0 Å². The van der Waals surface area contributed by atoms with Crippen molar-refractivity contribution in [3.63, 3.8) is 0 Å². The third-order valence-corrected chi connectivity index (χ3v) is 4.49. The number of fused-ring (bicyclic) bond motifs is 2. The van der Waals surface area contributed by atoms with E-state index in [2.05, 4.69) is 10.6 Å². The average Bonchev–Trinajstić information content (AvgIpc) is 3.21. The van der Waals surface area contributed by atoms with E-state index < -0.39 is 6.04 Å². The molecule has 1 heterocycles. The van der Waals surface area contributed by atoms with Gasteiger partial charge in [0.2, 0.25) is 11.8 Å². The van der Waals surface area contributed by atoms with Crippen molar-refractivity contribution in [1.82, 2.24) is 10.6 Å². The molecule has 0 saturated heterocycles. The molecule has 2 fully saturated rings. The average molecular weight is 242 g/mol. The molecule has 2 aliphatic carbocycles. The second kappa shape index (κ2) is 3.13. The lowest BCUT2D eigenvalue weighted by atomic mass is 9.95. The molecule has 1 atom stereocenters. The first-order chi connectivity index (χ1) is 8.71. The first-order valence-corrected chi connectivity index (χ1v) is 6.37. The van der Waals surface area contributed by atoms with Gasteiger partial charge in [-0.1, -0.05) is 24.3 Å². The number of hydrogen-bond donors (Lipinski definition) is 2. The molecule has 2 amide bonds. The lowest BCUT2D eigenvalue weighted by Crippen LogP contribution is -2.45. The highest BCUT2D eigenvalue weighted by Gasteiger charge is 2.74. The van der Waals surface area contributed by atoms with E-state index in [1.807, 2.05) is 24.3 Å². The van der Waals surface area contributed by atoms with Crippen molar-refractivity contribution in [3.05, 3.63) is 35.4 Å². The van der Waals surface area contributed by atoms with E-state index in [-0.39, 0.29) is 17.2 Å². The topological polar surface area (TPSA) is 58.2 Å². The number of nitrogens with one attached hydrogen (secondary N) is 2. The van der Waals surface area contributed by atoms with Crippen LogP contribution in [0.15, 0.2) is 24.3 Å². The smallest absolute Gasteiger partial charge is 0.247 e. The van der Waals surface area contributed by atoms with Crippen molar-refractivity contribution in [2.24, 2.45) is 11.3 Å². The second-order valence-corrected chi connectivity index (χ2v) is 5.58. The summed E-state index contributed by atoms with van der Waals surface area (Å²) in [6.45, 7) is 0.551. The van der Waals surface area contributed by atoms with Crippen LogP contribution < -0.4 is 10.6 Å². The number of hydrogen-bond acceptors (Lipinski definition) is 2. The normalized spacial score (nSPS) is 35.0. The minimum Gasteiger partial charge on any atom is -0.350 e. The zero-order valence-electron chi connectivity index (χ0n) is 9.90. The Labute approximate surface area is 105 Å². The summed E-state index contributed by atoms with van der Waals surface area (Å²) in [5.41, 5.74) is 1.93. The molecule has 3 aliphatic rings. The van der Waals surface area contributed by atoms with Crippen LogP contribution in [0.2, 0.25) is 0 Å². The molecule has 92 valence electrons. The molecule has 18 heavy (non-hydrogen) atoms. The SMILES string of the molecule is O=C1NCc2ccccc2C1NC(=O)C12CC1C2. The summed E-state index contributed by atoms with van der Waals surface area (Å²) in [6.07, 6.45) is 2.02. The van der Waals surface area contributed by atoms with Crippen LogP contribution in [0.25, 0.3) is 0 Å². The highest BCUT2D eigenvalue weighted by Crippen LogP contribution is 2.75. The molecular weight excluding hydrogens is 228 g/mol. The standard InChI is InChI=1S/C14H14N2O2/c17-12-11(16-13(18)14-5-9(14)6-14)10-4-2-1-3-8(10)7-15-12/h1-4,9,11H,5-7H2,(H,15,17)(H,16,18). The third kappa shape index (κ3) is 1.26. The molecule has 1 aliphatic heterocycles. The van der Waals surface area contributed by atoms with E-state index in [0.717, 1.165) is 24.0 Å². The molecule has 1 aromatic carbocycles. The van der Waals surface area contributed by atoms with Gasteiger partial charge >= 0.3 is 0 Å². The van der Waals surface area contributed by atoms with Crippen LogP contribution in [0.4, 0.5) is 0 Å². The Bertz CT molecular complexity index is 561. The first kappa shape index (κ1) is 10.1. The fourth-order valence-corrected chi connectivity index (χ4v) is 2.89. The highest BCUT2D eigenvalue weighted by molar-refractivity contribution is 5.95. The zero-order valence-corrected chi connectivity index (χ0v) is 9.90. The van der Waals surface area contributed by atoms with E-state index in [1.54, 1.807) is 0 Å². The molecule has 4 heteroatoms. The Kier molecular flexibility index (Phi) is 1.76. The quantitative estimate of drug-likeness (QED) is 0.809. The van der Waals surface area contributed by atoms with Gasteiger partial charge in [0.15, 0.2) is 0 Å². The van der Waals surface area contributed by atoms with Gasteiger partial charge in [0, 0.05) is 6.54 Å². The number of benzene rings is 1. The number of amides is 2. The predicted molar refractivity (Wildman–Crippen MR) is 64.3 cm³/mol. The van der Waals surface area contributed by atoms with Gasteiger partial charge in [0.25, 0.3) is 0 Å². The fraction of sp³-hybridized carbons (Fsp3) is 0.429. The van der Waals surface area contributed by atoms with Gasteiger partial charge in [-0.25, -0.2) is 0 Å². The summed E-state index contributed by atoms with van der Waals surface area (Å²) in [6, 6.07) is 7.26. The minimum absolute atomic E-state index is 0.0596. The lowest BCUT2D eigenvalue weighted by molar-refractivity contribution is -0.131. The van der Waals surface area contributed by atoms with Crippen LogP contribution >= 0.6 is 0 Å². The van der Waals surface area contributed by atoms with E-state index in [1.165, 1.54) is 0 Å². The number of rotatable bonds is 2. The van der Waals surface area contributed by atoms with Gasteiger partial charge in [-0.3, -0.25) is 9.59 Å². The Balaban J connectivity index is 1.62. The third-order valence-electron chi connectivity index (χ3n) is 4.49. The van der Waals surface area contributed by atoms with Gasteiger partial charge in [-0.2, -0.15) is 0 Å². The van der Waals surface area contributed by atoms with Crippen LogP contribution in [0.5, 0.6) is 0 Å². The molecule has 2 N–H and O–H groups in total. The summed E-state index contributed by atoms with van der Waals surface area (Å²) in [5.74, 6) is 0.556. The Morgan fingerprint density at radius 3 is 2.78 bits per heavy atom. The van der Waals surface area contributed by atoms with Crippen molar-refractivity contribution < 1.29 is 9.59 Å². The predicted octanol–water partition coefficient (Wildman–Crippen LogP) is 0.884. The van der Waals surface area contributed by atoms with E-state index in [0.29, 0.717) is 12.5 Å². The summed E-state index contributed by atoms with van der Waals surface area (Å²) in [4.78, 5) is 24.0. The molecule has 0 spiro atoms. The first-order valence-electron chi connectivity index (χ1n) is 6.37. The van der Waals surface area contributed by atoms with Gasteiger partial charge in [-0.05, 0) is 29.9 Å². The van der Waals surface area contributed by atoms with Gasteiger partial charge < -0.3 is 10.6 Å². The van der Waals surface area contributed by atoms with Crippen molar-refractivity contribution in [2.75, 3.05) is 0 Å². The van der Waals surface area contributed by atoms with Gasteiger partial charge in [-0.15, -0.1) is 0 Å². The second-order valence-electron chi connectivity index (χ2n) is 5.58. The largest absolute Gasteiger partial charge is 0.350 e.